The van der Waals surface area contributed by atoms with E-state index in [-0.39, 0.29) is 5.97 Å². The molecule has 1 heterocycles. The number of hydrogen-bond donors (Lipinski definition) is 0. The molecule has 1 aliphatic heterocycles. The molecule has 5 heteroatoms. The summed E-state index contributed by atoms with van der Waals surface area (Å²) in [5, 5.41) is 0. The summed E-state index contributed by atoms with van der Waals surface area (Å²) in [7, 11) is 5.65. The van der Waals surface area contributed by atoms with Gasteiger partial charge < -0.3 is 9.64 Å². The average Bonchev–Trinajstić information content (AvgIpc) is 2.86. The molecule has 0 N–H and O–H groups in total. The topological polar surface area (TPSA) is 32.8 Å². The fraction of sp³-hybridized carbons (Fsp3) is 0.562. The van der Waals surface area contributed by atoms with E-state index in [0.29, 0.717) is 11.6 Å². The fourth-order valence-corrected chi connectivity index (χ4v) is 3.37. The molecule has 1 aromatic carbocycles. The summed E-state index contributed by atoms with van der Waals surface area (Å²) in [6, 6.07) is 6.31. The van der Waals surface area contributed by atoms with Crippen molar-refractivity contribution in [2.24, 2.45) is 0 Å². The van der Waals surface area contributed by atoms with Crippen LogP contribution in [0.1, 0.15) is 28.8 Å². The van der Waals surface area contributed by atoms with E-state index in [4.69, 9.17) is 4.74 Å². The van der Waals surface area contributed by atoms with Crippen molar-refractivity contribution < 1.29 is 9.53 Å². The summed E-state index contributed by atoms with van der Waals surface area (Å²) in [6.45, 7) is 3.15. The molecule has 1 saturated heterocycles. The molecule has 1 unspecified atom stereocenters. The van der Waals surface area contributed by atoms with E-state index in [1.165, 1.54) is 25.5 Å². The molecule has 0 bridgehead atoms. The highest BCUT2D eigenvalue weighted by molar-refractivity contribution is 9.10. The standard InChI is InChI=1S/C16H23BrN2O2/c1-18(2)11-14-5-4-8-19(14)10-13-7-6-12(9-15(13)17)16(20)21-3/h6-7,9,14H,4-5,8,10-11H2,1-3H3. The Morgan fingerprint density at radius 3 is 2.86 bits per heavy atom. The Bertz CT molecular complexity index is 505. The van der Waals surface area contributed by atoms with Gasteiger partial charge in [-0.1, -0.05) is 22.0 Å². The van der Waals surface area contributed by atoms with Crippen molar-refractivity contribution in [2.75, 3.05) is 34.3 Å². The van der Waals surface area contributed by atoms with E-state index >= 15 is 0 Å². The maximum atomic E-state index is 11.5. The zero-order chi connectivity index (χ0) is 15.4. The van der Waals surface area contributed by atoms with Crippen molar-refractivity contribution in [3.63, 3.8) is 0 Å². The summed E-state index contributed by atoms with van der Waals surface area (Å²) in [6.07, 6.45) is 2.52. The van der Waals surface area contributed by atoms with Crippen LogP contribution in [0, 0.1) is 0 Å². The smallest absolute Gasteiger partial charge is 0.337 e. The third kappa shape index (κ3) is 4.28. The number of rotatable bonds is 5. The van der Waals surface area contributed by atoms with Crippen molar-refractivity contribution in [2.45, 2.75) is 25.4 Å². The second-order valence-electron chi connectivity index (χ2n) is 5.83. The van der Waals surface area contributed by atoms with Crippen LogP contribution in [0.2, 0.25) is 0 Å². The SMILES string of the molecule is COC(=O)c1ccc(CN2CCCC2CN(C)C)c(Br)c1. The van der Waals surface area contributed by atoms with Gasteiger partial charge in [-0.2, -0.15) is 0 Å². The third-order valence-corrected chi connectivity index (χ3v) is 4.66. The first-order valence-electron chi connectivity index (χ1n) is 7.26. The summed E-state index contributed by atoms with van der Waals surface area (Å²) in [5.41, 5.74) is 1.80. The van der Waals surface area contributed by atoms with Gasteiger partial charge in [0.2, 0.25) is 0 Å². The lowest BCUT2D eigenvalue weighted by atomic mass is 10.1. The molecular formula is C16H23BrN2O2. The Morgan fingerprint density at radius 1 is 1.48 bits per heavy atom. The predicted octanol–water partition coefficient (Wildman–Crippen LogP) is 2.76. The van der Waals surface area contributed by atoms with Crippen molar-refractivity contribution in [1.29, 1.82) is 0 Å². The molecule has 0 amide bonds. The van der Waals surface area contributed by atoms with Crippen LogP contribution in [0.15, 0.2) is 22.7 Å². The Labute approximate surface area is 135 Å². The van der Waals surface area contributed by atoms with Crippen LogP contribution >= 0.6 is 15.9 Å². The first kappa shape index (κ1) is 16.5. The molecule has 0 spiro atoms. The van der Waals surface area contributed by atoms with Gasteiger partial charge in [-0.05, 0) is 51.2 Å². The van der Waals surface area contributed by atoms with Gasteiger partial charge >= 0.3 is 5.97 Å². The van der Waals surface area contributed by atoms with E-state index < -0.39 is 0 Å². The van der Waals surface area contributed by atoms with Crippen molar-refractivity contribution >= 4 is 21.9 Å². The fourth-order valence-electron chi connectivity index (χ4n) is 2.87. The maximum Gasteiger partial charge on any atom is 0.337 e. The van der Waals surface area contributed by atoms with E-state index in [0.717, 1.165) is 24.1 Å². The van der Waals surface area contributed by atoms with Crippen LogP contribution in [0.25, 0.3) is 0 Å². The van der Waals surface area contributed by atoms with Gasteiger partial charge in [0.15, 0.2) is 0 Å². The quantitative estimate of drug-likeness (QED) is 0.761. The molecule has 0 aliphatic carbocycles. The van der Waals surface area contributed by atoms with Gasteiger partial charge in [0.25, 0.3) is 0 Å². The molecule has 2 rings (SSSR count). The van der Waals surface area contributed by atoms with Crippen LogP contribution in [0.5, 0.6) is 0 Å². The molecule has 0 aromatic heterocycles. The third-order valence-electron chi connectivity index (χ3n) is 3.92. The molecule has 0 radical (unpaired) electrons. The predicted molar refractivity (Wildman–Crippen MR) is 87.5 cm³/mol. The summed E-state index contributed by atoms with van der Waals surface area (Å²) < 4.78 is 5.72. The highest BCUT2D eigenvalue weighted by Crippen LogP contribution is 2.25. The number of carbonyl (C=O) groups excluding carboxylic acids is 1. The highest BCUT2D eigenvalue weighted by Gasteiger charge is 2.25. The number of likely N-dealkylation sites (N-methyl/N-ethyl adjacent to an activating group) is 1. The summed E-state index contributed by atoms with van der Waals surface area (Å²) in [4.78, 5) is 16.3. The summed E-state index contributed by atoms with van der Waals surface area (Å²) >= 11 is 3.58. The molecule has 1 fully saturated rings. The highest BCUT2D eigenvalue weighted by atomic mass is 79.9. The van der Waals surface area contributed by atoms with E-state index in [1.807, 2.05) is 18.2 Å². The minimum absolute atomic E-state index is 0.297. The Hall–Kier alpha value is -0.910. The first-order valence-corrected chi connectivity index (χ1v) is 8.06. The number of ether oxygens (including phenoxy) is 1. The Morgan fingerprint density at radius 2 is 2.24 bits per heavy atom. The van der Waals surface area contributed by atoms with Crippen LogP contribution in [-0.4, -0.2) is 56.1 Å². The van der Waals surface area contributed by atoms with Crippen molar-refractivity contribution in [3.8, 4) is 0 Å². The van der Waals surface area contributed by atoms with Gasteiger partial charge in [0.1, 0.15) is 0 Å². The lowest BCUT2D eigenvalue weighted by molar-refractivity contribution is 0.0600. The van der Waals surface area contributed by atoms with Gasteiger partial charge in [-0.3, -0.25) is 4.90 Å². The Balaban J connectivity index is 2.07. The van der Waals surface area contributed by atoms with E-state index in [1.54, 1.807) is 0 Å². The second-order valence-corrected chi connectivity index (χ2v) is 6.68. The molecular weight excluding hydrogens is 332 g/mol. The molecule has 21 heavy (non-hydrogen) atoms. The van der Waals surface area contributed by atoms with Crippen molar-refractivity contribution in [1.82, 2.24) is 9.80 Å². The van der Waals surface area contributed by atoms with Gasteiger partial charge in [-0.15, -0.1) is 0 Å². The molecule has 4 nitrogen and oxygen atoms in total. The lowest BCUT2D eigenvalue weighted by Gasteiger charge is -2.27. The summed E-state index contributed by atoms with van der Waals surface area (Å²) in [5.74, 6) is -0.297. The number of halogens is 1. The largest absolute Gasteiger partial charge is 0.465 e. The number of hydrogen-bond acceptors (Lipinski definition) is 4. The normalized spacial score (nSPS) is 19.2. The number of carbonyl (C=O) groups is 1. The van der Waals surface area contributed by atoms with Crippen LogP contribution < -0.4 is 0 Å². The average molecular weight is 355 g/mol. The van der Waals surface area contributed by atoms with Gasteiger partial charge in [0.05, 0.1) is 12.7 Å². The molecule has 1 aliphatic rings. The van der Waals surface area contributed by atoms with Crippen LogP contribution in [0.3, 0.4) is 0 Å². The number of benzene rings is 1. The maximum absolute atomic E-state index is 11.5. The zero-order valence-corrected chi connectivity index (χ0v) is 14.5. The molecule has 1 atom stereocenters. The lowest BCUT2D eigenvalue weighted by Crippen LogP contribution is -2.37. The van der Waals surface area contributed by atoms with Crippen LogP contribution in [-0.2, 0) is 11.3 Å². The minimum Gasteiger partial charge on any atom is -0.465 e. The van der Waals surface area contributed by atoms with Gasteiger partial charge in [0, 0.05) is 23.6 Å². The number of likely N-dealkylation sites (tertiary alicyclic amines) is 1. The number of nitrogens with zero attached hydrogens (tertiary/aromatic N) is 2. The molecule has 0 saturated carbocycles. The zero-order valence-electron chi connectivity index (χ0n) is 12.9. The number of esters is 1. The van der Waals surface area contributed by atoms with Crippen molar-refractivity contribution in [3.05, 3.63) is 33.8 Å². The van der Waals surface area contributed by atoms with Crippen LogP contribution in [0.4, 0.5) is 0 Å². The van der Waals surface area contributed by atoms with Gasteiger partial charge in [-0.25, -0.2) is 4.79 Å². The molecule has 1 aromatic rings. The monoisotopic (exact) mass is 354 g/mol. The first-order chi connectivity index (χ1) is 10.0. The Kier molecular flexibility index (Phi) is 5.79. The van der Waals surface area contributed by atoms with E-state index in [2.05, 4.69) is 39.8 Å². The van der Waals surface area contributed by atoms with E-state index in [9.17, 15) is 4.79 Å². The minimum atomic E-state index is -0.297. The number of methoxy groups -OCH3 is 1. The second kappa shape index (κ2) is 7.38. The molecule has 116 valence electrons.